The Morgan fingerprint density at radius 3 is 3.12 bits per heavy atom. The first kappa shape index (κ1) is 12.0. The Labute approximate surface area is 102 Å². The molecule has 0 spiro atoms. The third-order valence-corrected chi connectivity index (χ3v) is 3.05. The molecule has 3 nitrogen and oxygen atoms in total. The lowest BCUT2D eigenvalue weighted by Gasteiger charge is -2.20. The first-order valence-corrected chi connectivity index (χ1v) is 5.92. The van der Waals surface area contributed by atoms with Gasteiger partial charge < -0.3 is 10.5 Å². The van der Waals surface area contributed by atoms with Crippen molar-refractivity contribution in [3.63, 3.8) is 0 Å². The van der Waals surface area contributed by atoms with Crippen LogP contribution in [0.3, 0.4) is 0 Å². The van der Waals surface area contributed by atoms with E-state index in [0.29, 0.717) is 6.54 Å². The lowest BCUT2D eigenvalue weighted by Crippen LogP contribution is -2.34. The fourth-order valence-corrected chi connectivity index (χ4v) is 2.07. The van der Waals surface area contributed by atoms with Crippen LogP contribution >= 0.6 is 0 Å². The Bertz CT molecular complexity index is 436. The van der Waals surface area contributed by atoms with Gasteiger partial charge in [0, 0.05) is 19.0 Å². The van der Waals surface area contributed by atoms with Gasteiger partial charge in [-0.3, -0.25) is 5.32 Å². The van der Waals surface area contributed by atoms with E-state index in [1.807, 2.05) is 13.0 Å². The zero-order valence-corrected chi connectivity index (χ0v) is 10.1. The zero-order chi connectivity index (χ0) is 12.3. The van der Waals surface area contributed by atoms with Crippen LogP contribution in [0, 0.1) is 12.3 Å². The van der Waals surface area contributed by atoms with Crippen LogP contribution in [0.1, 0.15) is 24.1 Å². The lowest BCUT2D eigenvalue weighted by molar-refractivity contribution is 0.356. The summed E-state index contributed by atoms with van der Waals surface area (Å²) in [5.74, 6) is 3.66. The van der Waals surface area contributed by atoms with Crippen molar-refractivity contribution in [3.05, 3.63) is 29.3 Å². The second kappa shape index (κ2) is 5.22. The fourth-order valence-electron chi connectivity index (χ4n) is 2.07. The van der Waals surface area contributed by atoms with Gasteiger partial charge in [0.05, 0.1) is 12.6 Å². The summed E-state index contributed by atoms with van der Waals surface area (Å²) in [7, 11) is 0. The van der Waals surface area contributed by atoms with E-state index in [2.05, 4.69) is 23.4 Å². The molecule has 0 radical (unpaired) electrons. The summed E-state index contributed by atoms with van der Waals surface area (Å²) >= 11 is 0. The molecular weight excluding hydrogens is 212 g/mol. The maximum atomic E-state index is 5.79. The van der Waals surface area contributed by atoms with Crippen molar-refractivity contribution < 1.29 is 4.74 Å². The molecule has 0 aliphatic carbocycles. The van der Waals surface area contributed by atoms with Crippen molar-refractivity contribution in [2.24, 2.45) is 5.73 Å². The van der Waals surface area contributed by atoms with Crippen LogP contribution in [-0.2, 0) is 6.42 Å². The molecule has 0 amide bonds. The SMILES string of the molecule is C#CC(C)NC(CN)c1ccc2c(c1)CCO2. The molecule has 1 aromatic carbocycles. The van der Waals surface area contributed by atoms with E-state index in [4.69, 9.17) is 16.9 Å². The van der Waals surface area contributed by atoms with Gasteiger partial charge in [-0.2, -0.15) is 0 Å². The highest BCUT2D eigenvalue weighted by atomic mass is 16.5. The van der Waals surface area contributed by atoms with E-state index in [-0.39, 0.29) is 12.1 Å². The Morgan fingerprint density at radius 2 is 2.41 bits per heavy atom. The molecule has 90 valence electrons. The molecule has 0 saturated carbocycles. The number of rotatable bonds is 4. The Balaban J connectivity index is 2.17. The van der Waals surface area contributed by atoms with Gasteiger partial charge >= 0.3 is 0 Å². The minimum absolute atomic E-state index is 0.0213. The summed E-state index contributed by atoms with van der Waals surface area (Å²) in [6.07, 6.45) is 6.35. The predicted molar refractivity (Wildman–Crippen MR) is 68.9 cm³/mol. The van der Waals surface area contributed by atoms with E-state index >= 15 is 0 Å². The topological polar surface area (TPSA) is 47.3 Å². The molecule has 3 heteroatoms. The summed E-state index contributed by atoms with van der Waals surface area (Å²) in [4.78, 5) is 0. The van der Waals surface area contributed by atoms with Crippen LogP contribution in [0.4, 0.5) is 0 Å². The normalized spacial score (nSPS) is 16.8. The minimum atomic E-state index is 0.0213. The number of terminal acetylenes is 1. The van der Waals surface area contributed by atoms with Crippen LogP contribution in [0.5, 0.6) is 5.75 Å². The quantitative estimate of drug-likeness (QED) is 0.765. The first-order chi connectivity index (χ1) is 8.24. The average molecular weight is 230 g/mol. The molecule has 0 fully saturated rings. The number of benzene rings is 1. The molecule has 17 heavy (non-hydrogen) atoms. The Morgan fingerprint density at radius 1 is 1.59 bits per heavy atom. The third-order valence-electron chi connectivity index (χ3n) is 3.05. The van der Waals surface area contributed by atoms with Crippen molar-refractivity contribution >= 4 is 0 Å². The number of nitrogens with two attached hydrogens (primary N) is 1. The summed E-state index contributed by atoms with van der Waals surface area (Å²) in [6, 6.07) is 6.36. The largest absolute Gasteiger partial charge is 0.493 e. The van der Waals surface area contributed by atoms with E-state index in [9.17, 15) is 0 Å². The minimum Gasteiger partial charge on any atom is -0.493 e. The third kappa shape index (κ3) is 2.60. The highest BCUT2D eigenvalue weighted by Gasteiger charge is 2.16. The molecule has 1 heterocycles. The standard InChI is InChI=1S/C14H18N2O/c1-3-10(2)16-13(9-15)11-4-5-14-12(8-11)6-7-17-14/h1,4-5,8,10,13,16H,6-7,9,15H2,2H3. The van der Waals surface area contributed by atoms with E-state index < -0.39 is 0 Å². The Kier molecular flexibility index (Phi) is 3.68. The monoisotopic (exact) mass is 230 g/mol. The maximum Gasteiger partial charge on any atom is 0.122 e. The molecule has 0 aromatic heterocycles. The van der Waals surface area contributed by atoms with Crippen LogP contribution < -0.4 is 15.8 Å². The van der Waals surface area contributed by atoms with Crippen molar-refractivity contribution in [2.75, 3.05) is 13.2 Å². The molecule has 2 rings (SSSR count). The molecule has 0 saturated heterocycles. The van der Waals surface area contributed by atoms with Gasteiger partial charge in [0.2, 0.25) is 0 Å². The summed E-state index contributed by atoms with van der Waals surface area (Å²) in [5.41, 5.74) is 8.23. The van der Waals surface area contributed by atoms with Crippen molar-refractivity contribution in [3.8, 4) is 18.1 Å². The average Bonchev–Trinajstić information content (AvgIpc) is 2.82. The smallest absolute Gasteiger partial charge is 0.122 e. The highest BCUT2D eigenvalue weighted by Crippen LogP contribution is 2.28. The number of hydrogen-bond donors (Lipinski definition) is 2. The summed E-state index contributed by atoms with van der Waals surface area (Å²) < 4.78 is 5.49. The van der Waals surface area contributed by atoms with Crippen molar-refractivity contribution in [2.45, 2.75) is 25.4 Å². The van der Waals surface area contributed by atoms with E-state index in [1.54, 1.807) is 0 Å². The fraction of sp³-hybridized carbons (Fsp3) is 0.429. The van der Waals surface area contributed by atoms with Crippen LogP contribution in [0.25, 0.3) is 0 Å². The van der Waals surface area contributed by atoms with Gasteiger partial charge in [-0.1, -0.05) is 18.1 Å². The van der Waals surface area contributed by atoms with Gasteiger partial charge in [0.1, 0.15) is 5.75 Å². The zero-order valence-electron chi connectivity index (χ0n) is 10.1. The lowest BCUT2D eigenvalue weighted by atomic mass is 10.0. The van der Waals surface area contributed by atoms with Crippen LogP contribution in [0.15, 0.2) is 18.2 Å². The Hall–Kier alpha value is -1.50. The summed E-state index contributed by atoms with van der Waals surface area (Å²) in [6.45, 7) is 3.27. The van der Waals surface area contributed by atoms with Crippen LogP contribution in [-0.4, -0.2) is 19.2 Å². The number of nitrogens with one attached hydrogen (secondary N) is 1. The van der Waals surface area contributed by atoms with Gasteiger partial charge in [-0.05, 0) is 24.1 Å². The van der Waals surface area contributed by atoms with E-state index in [0.717, 1.165) is 18.8 Å². The maximum absolute atomic E-state index is 5.79. The molecule has 2 atom stereocenters. The second-order valence-corrected chi connectivity index (χ2v) is 4.31. The highest BCUT2D eigenvalue weighted by molar-refractivity contribution is 5.41. The predicted octanol–water partition coefficient (Wildman–Crippen LogP) is 1.23. The van der Waals surface area contributed by atoms with Gasteiger partial charge in [-0.15, -0.1) is 6.42 Å². The summed E-state index contributed by atoms with van der Waals surface area (Å²) in [5, 5.41) is 3.32. The van der Waals surface area contributed by atoms with Gasteiger partial charge in [-0.25, -0.2) is 0 Å². The second-order valence-electron chi connectivity index (χ2n) is 4.31. The molecular formula is C14H18N2O. The molecule has 1 aliphatic heterocycles. The van der Waals surface area contributed by atoms with Crippen LogP contribution in [0.2, 0.25) is 0 Å². The van der Waals surface area contributed by atoms with Crippen molar-refractivity contribution in [1.29, 1.82) is 0 Å². The molecule has 1 aromatic rings. The number of ether oxygens (including phenoxy) is 1. The molecule has 2 unspecified atom stereocenters. The number of hydrogen-bond acceptors (Lipinski definition) is 3. The van der Waals surface area contributed by atoms with E-state index in [1.165, 1.54) is 11.1 Å². The van der Waals surface area contributed by atoms with Crippen molar-refractivity contribution in [1.82, 2.24) is 5.32 Å². The van der Waals surface area contributed by atoms with Gasteiger partial charge in [0.15, 0.2) is 0 Å². The molecule has 0 bridgehead atoms. The number of fused-ring (bicyclic) bond motifs is 1. The molecule has 1 aliphatic rings. The molecule has 3 N–H and O–H groups in total. The first-order valence-electron chi connectivity index (χ1n) is 5.92. The van der Waals surface area contributed by atoms with Gasteiger partial charge in [0.25, 0.3) is 0 Å².